The SMILES string of the molecule is c1ccc2c(c1)CCN(C1CC1)C2. The van der Waals surface area contributed by atoms with Crippen LogP contribution in [0.3, 0.4) is 0 Å². The second-order valence-electron chi connectivity index (χ2n) is 4.22. The minimum atomic E-state index is 0.924. The molecule has 68 valence electrons. The van der Waals surface area contributed by atoms with Crippen molar-refractivity contribution in [1.82, 2.24) is 4.90 Å². The van der Waals surface area contributed by atoms with Gasteiger partial charge in [-0.1, -0.05) is 24.3 Å². The Morgan fingerprint density at radius 3 is 2.62 bits per heavy atom. The molecule has 1 heteroatoms. The zero-order valence-electron chi connectivity index (χ0n) is 7.87. The molecule has 1 fully saturated rings. The molecule has 1 heterocycles. The summed E-state index contributed by atoms with van der Waals surface area (Å²) in [6.45, 7) is 2.47. The van der Waals surface area contributed by atoms with Gasteiger partial charge in [0.05, 0.1) is 0 Å². The van der Waals surface area contributed by atoms with Crippen LogP contribution >= 0.6 is 0 Å². The molecule has 0 amide bonds. The highest BCUT2D eigenvalue weighted by Crippen LogP contribution is 2.31. The Labute approximate surface area is 79.4 Å². The summed E-state index contributed by atoms with van der Waals surface area (Å²) in [4.78, 5) is 2.64. The molecule has 0 unspecified atom stereocenters. The predicted octanol–water partition coefficient (Wildman–Crippen LogP) is 2.21. The van der Waals surface area contributed by atoms with Crippen LogP contribution in [0.1, 0.15) is 24.0 Å². The molecular weight excluding hydrogens is 158 g/mol. The van der Waals surface area contributed by atoms with Crippen LogP contribution in [0, 0.1) is 0 Å². The van der Waals surface area contributed by atoms with Crippen molar-refractivity contribution in [1.29, 1.82) is 0 Å². The molecule has 1 aliphatic carbocycles. The van der Waals surface area contributed by atoms with E-state index in [0.29, 0.717) is 0 Å². The van der Waals surface area contributed by atoms with Crippen molar-refractivity contribution < 1.29 is 0 Å². The van der Waals surface area contributed by atoms with Gasteiger partial charge in [0.1, 0.15) is 0 Å². The third kappa shape index (κ3) is 1.37. The second-order valence-corrected chi connectivity index (χ2v) is 4.22. The molecule has 1 aliphatic heterocycles. The Hall–Kier alpha value is -0.820. The summed E-state index contributed by atoms with van der Waals surface area (Å²) < 4.78 is 0. The molecule has 0 atom stereocenters. The summed E-state index contributed by atoms with van der Waals surface area (Å²) in [6, 6.07) is 9.80. The van der Waals surface area contributed by atoms with E-state index < -0.39 is 0 Å². The predicted molar refractivity (Wildman–Crippen MR) is 53.6 cm³/mol. The van der Waals surface area contributed by atoms with Gasteiger partial charge in [0.2, 0.25) is 0 Å². The Morgan fingerprint density at radius 2 is 1.85 bits per heavy atom. The second kappa shape index (κ2) is 2.85. The molecule has 0 aromatic heterocycles. The van der Waals surface area contributed by atoms with Crippen molar-refractivity contribution in [3.8, 4) is 0 Å². The molecule has 0 radical (unpaired) electrons. The van der Waals surface area contributed by atoms with E-state index in [1.54, 1.807) is 11.1 Å². The van der Waals surface area contributed by atoms with E-state index >= 15 is 0 Å². The molecular formula is C12H15N. The van der Waals surface area contributed by atoms with E-state index in [4.69, 9.17) is 0 Å². The van der Waals surface area contributed by atoms with E-state index in [-0.39, 0.29) is 0 Å². The first-order chi connectivity index (χ1) is 6.43. The van der Waals surface area contributed by atoms with Crippen molar-refractivity contribution in [2.45, 2.75) is 31.8 Å². The molecule has 1 aromatic carbocycles. The van der Waals surface area contributed by atoms with Crippen LogP contribution in [0.4, 0.5) is 0 Å². The van der Waals surface area contributed by atoms with Crippen LogP contribution in [-0.2, 0) is 13.0 Å². The lowest BCUT2D eigenvalue weighted by atomic mass is 10.00. The van der Waals surface area contributed by atoms with E-state index in [2.05, 4.69) is 29.2 Å². The molecule has 0 saturated heterocycles. The van der Waals surface area contributed by atoms with Gasteiger partial charge in [-0.15, -0.1) is 0 Å². The maximum Gasteiger partial charge on any atom is 0.0239 e. The normalized spacial score (nSPS) is 22.8. The molecule has 3 rings (SSSR count). The van der Waals surface area contributed by atoms with Gasteiger partial charge in [-0.3, -0.25) is 4.90 Å². The van der Waals surface area contributed by atoms with Crippen LogP contribution in [0.25, 0.3) is 0 Å². The number of hydrogen-bond acceptors (Lipinski definition) is 1. The van der Waals surface area contributed by atoms with E-state index in [1.807, 2.05) is 0 Å². The van der Waals surface area contributed by atoms with Gasteiger partial charge in [-0.2, -0.15) is 0 Å². The summed E-state index contributed by atoms with van der Waals surface area (Å²) in [6.07, 6.45) is 4.12. The summed E-state index contributed by atoms with van der Waals surface area (Å²) in [5, 5.41) is 0. The lowest BCUT2D eigenvalue weighted by molar-refractivity contribution is 0.244. The number of hydrogen-bond donors (Lipinski definition) is 0. The first kappa shape index (κ1) is 7.57. The average molecular weight is 173 g/mol. The highest BCUT2D eigenvalue weighted by Gasteiger charge is 2.30. The summed E-state index contributed by atoms with van der Waals surface area (Å²) >= 11 is 0. The lowest BCUT2D eigenvalue weighted by Crippen LogP contribution is -2.32. The highest BCUT2D eigenvalue weighted by molar-refractivity contribution is 5.29. The fraction of sp³-hybridized carbons (Fsp3) is 0.500. The monoisotopic (exact) mass is 173 g/mol. The van der Waals surface area contributed by atoms with Crippen LogP contribution in [0.15, 0.2) is 24.3 Å². The van der Waals surface area contributed by atoms with Gasteiger partial charge in [0.15, 0.2) is 0 Å². The minimum Gasteiger partial charge on any atom is -0.296 e. The largest absolute Gasteiger partial charge is 0.296 e. The van der Waals surface area contributed by atoms with Crippen molar-refractivity contribution >= 4 is 0 Å². The smallest absolute Gasteiger partial charge is 0.0239 e. The van der Waals surface area contributed by atoms with Crippen LogP contribution in [-0.4, -0.2) is 17.5 Å². The van der Waals surface area contributed by atoms with Crippen molar-refractivity contribution in [3.63, 3.8) is 0 Å². The standard InChI is InChI=1S/C12H15N/c1-2-4-11-9-13(12-5-6-12)8-7-10(11)3-1/h1-4,12H,5-9H2. The summed E-state index contributed by atoms with van der Waals surface area (Å²) in [5.74, 6) is 0. The van der Waals surface area contributed by atoms with E-state index in [0.717, 1.165) is 6.04 Å². The number of benzene rings is 1. The van der Waals surface area contributed by atoms with Gasteiger partial charge in [0, 0.05) is 19.1 Å². The van der Waals surface area contributed by atoms with Gasteiger partial charge in [0.25, 0.3) is 0 Å². The molecule has 1 aromatic rings. The topological polar surface area (TPSA) is 3.24 Å². The molecule has 0 N–H and O–H groups in total. The average Bonchev–Trinajstić information content (AvgIpc) is 3.00. The molecule has 0 spiro atoms. The highest BCUT2D eigenvalue weighted by atomic mass is 15.2. The zero-order valence-corrected chi connectivity index (χ0v) is 7.87. The van der Waals surface area contributed by atoms with Crippen molar-refractivity contribution in [3.05, 3.63) is 35.4 Å². The fourth-order valence-corrected chi connectivity index (χ4v) is 2.27. The van der Waals surface area contributed by atoms with Crippen LogP contribution in [0.2, 0.25) is 0 Å². The van der Waals surface area contributed by atoms with Gasteiger partial charge in [-0.05, 0) is 30.4 Å². The van der Waals surface area contributed by atoms with Gasteiger partial charge < -0.3 is 0 Å². The molecule has 1 saturated carbocycles. The molecule has 13 heavy (non-hydrogen) atoms. The lowest BCUT2D eigenvalue weighted by Gasteiger charge is -2.28. The first-order valence-corrected chi connectivity index (χ1v) is 5.24. The zero-order chi connectivity index (χ0) is 8.67. The van der Waals surface area contributed by atoms with Crippen molar-refractivity contribution in [2.75, 3.05) is 6.54 Å². The fourth-order valence-electron chi connectivity index (χ4n) is 2.27. The number of nitrogens with zero attached hydrogens (tertiary/aromatic N) is 1. The van der Waals surface area contributed by atoms with Gasteiger partial charge in [-0.25, -0.2) is 0 Å². The maximum atomic E-state index is 2.64. The van der Waals surface area contributed by atoms with Crippen molar-refractivity contribution in [2.24, 2.45) is 0 Å². The third-order valence-corrected chi connectivity index (χ3v) is 3.22. The van der Waals surface area contributed by atoms with E-state index in [1.165, 1.54) is 32.4 Å². The quantitative estimate of drug-likeness (QED) is 0.629. The van der Waals surface area contributed by atoms with Crippen LogP contribution < -0.4 is 0 Å². The molecule has 0 bridgehead atoms. The molecule has 1 nitrogen and oxygen atoms in total. The number of rotatable bonds is 1. The van der Waals surface area contributed by atoms with E-state index in [9.17, 15) is 0 Å². The minimum absolute atomic E-state index is 0.924. The third-order valence-electron chi connectivity index (χ3n) is 3.22. The Morgan fingerprint density at radius 1 is 1.08 bits per heavy atom. The first-order valence-electron chi connectivity index (χ1n) is 5.24. The van der Waals surface area contributed by atoms with Gasteiger partial charge >= 0.3 is 0 Å². The Kier molecular flexibility index (Phi) is 1.66. The number of fused-ring (bicyclic) bond motifs is 1. The molecule has 2 aliphatic rings. The Bertz CT molecular complexity index is 315. The summed E-state index contributed by atoms with van der Waals surface area (Å²) in [5.41, 5.74) is 3.13. The van der Waals surface area contributed by atoms with Crippen LogP contribution in [0.5, 0.6) is 0 Å². The summed E-state index contributed by atoms with van der Waals surface area (Å²) in [7, 11) is 0. The Balaban J connectivity index is 1.85. The maximum absolute atomic E-state index is 2.64.